The van der Waals surface area contributed by atoms with Gasteiger partial charge in [0.2, 0.25) is 0 Å². The van der Waals surface area contributed by atoms with Crippen LogP contribution in [0.3, 0.4) is 0 Å². The Morgan fingerprint density at radius 3 is 2.79 bits per heavy atom. The first-order valence-corrected chi connectivity index (χ1v) is 6.24. The van der Waals surface area contributed by atoms with E-state index in [-0.39, 0.29) is 5.91 Å². The fourth-order valence-electron chi connectivity index (χ4n) is 1.59. The molecule has 2 rings (SSSR count). The molecular weight excluding hydrogens is 240 g/mol. The fourth-order valence-corrected chi connectivity index (χ4v) is 1.59. The summed E-state index contributed by atoms with van der Waals surface area (Å²) in [5.74, 6) is 0.553. The molecule has 19 heavy (non-hydrogen) atoms. The Labute approximate surface area is 112 Å². The predicted molar refractivity (Wildman–Crippen MR) is 74.4 cm³/mol. The first-order chi connectivity index (χ1) is 9.29. The van der Waals surface area contributed by atoms with E-state index in [4.69, 9.17) is 4.74 Å². The van der Waals surface area contributed by atoms with Crippen molar-refractivity contribution in [3.8, 4) is 5.75 Å². The van der Waals surface area contributed by atoms with Gasteiger partial charge in [-0.25, -0.2) is 0 Å². The number of amides is 1. The smallest absolute Gasteiger partial charge is 0.255 e. The average Bonchev–Trinajstić information content (AvgIpc) is 2.46. The number of ether oxygens (including phenoxy) is 1. The molecule has 0 atom stereocenters. The normalized spacial score (nSPS) is 9.95. The molecule has 0 aliphatic carbocycles. The maximum absolute atomic E-state index is 12.1. The molecule has 0 aliphatic heterocycles. The minimum atomic E-state index is -0.159. The summed E-state index contributed by atoms with van der Waals surface area (Å²) in [6, 6.07) is 10.7. The zero-order chi connectivity index (χ0) is 13.5. The summed E-state index contributed by atoms with van der Waals surface area (Å²) >= 11 is 0. The highest BCUT2D eigenvalue weighted by molar-refractivity contribution is 6.04. The summed E-state index contributed by atoms with van der Waals surface area (Å²) in [7, 11) is 0. The van der Waals surface area contributed by atoms with Gasteiger partial charge in [-0.2, -0.15) is 0 Å². The fraction of sp³-hybridized carbons (Fsp3) is 0.200. The lowest BCUT2D eigenvalue weighted by Gasteiger charge is -2.07. The summed E-state index contributed by atoms with van der Waals surface area (Å²) < 4.78 is 5.51. The van der Waals surface area contributed by atoms with E-state index in [0.717, 1.165) is 12.1 Å². The van der Waals surface area contributed by atoms with E-state index in [2.05, 4.69) is 10.3 Å². The monoisotopic (exact) mass is 256 g/mol. The number of anilines is 1. The molecule has 1 N–H and O–H groups in total. The zero-order valence-electron chi connectivity index (χ0n) is 10.8. The van der Waals surface area contributed by atoms with Crippen LogP contribution in [0, 0.1) is 0 Å². The van der Waals surface area contributed by atoms with Gasteiger partial charge in [0, 0.05) is 23.6 Å². The highest BCUT2D eigenvalue weighted by atomic mass is 16.5. The second kappa shape index (κ2) is 6.54. The van der Waals surface area contributed by atoms with Crippen LogP contribution >= 0.6 is 0 Å². The van der Waals surface area contributed by atoms with Crippen LogP contribution in [0.25, 0.3) is 0 Å². The molecule has 0 bridgehead atoms. The molecule has 4 heteroatoms. The van der Waals surface area contributed by atoms with Crippen LogP contribution < -0.4 is 10.1 Å². The summed E-state index contributed by atoms with van der Waals surface area (Å²) in [4.78, 5) is 16.0. The number of rotatable bonds is 5. The molecule has 0 saturated carbocycles. The molecule has 0 unspecified atom stereocenters. The minimum absolute atomic E-state index is 0.159. The third kappa shape index (κ3) is 3.81. The molecule has 0 aliphatic rings. The summed E-state index contributed by atoms with van der Waals surface area (Å²) in [6.07, 6.45) is 4.21. The van der Waals surface area contributed by atoms with Gasteiger partial charge in [0.05, 0.1) is 6.61 Å². The van der Waals surface area contributed by atoms with E-state index >= 15 is 0 Å². The number of hydrogen-bond acceptors (Lipinski definition) is 3. The van der Waals surface area contributed by atoms with Crippen LogP contribution in [-0.2, 0) is 0 Å². The SMILES string of the molecule is CCCOc1cccc(C(=O)Nc2ccncc2)c1. The second-order valence-corrected chi connectivity index (χ2v) is 4.07. The average molecular weight is 256 g/mol. The Morgan fingerprint density at radius 1 is 1.26 bits per heavy atom. The van der Waals surface area contributed by atoms with Crippen molar-refractivity contribution in [2.24, 2.45) is 0 Å². The van der Waals surface area contributed by atoms with Gasteiger partial charge < -0.3 is 10.1 Å². The molecule has 2 aromatic rings. The van der Waals surface area contributed by atoms with Crippen LogP contribution in [0.15, 0.2) is 48.8 Å². The van der Waals surface area contributed by atoms with Crippen LogP contribution in [0.1, 0.15) is 23.7 Å². The predicted octanol–water partition coefficient (Wildman–Crippen LogP) is 3.12. The maximum Gasteiger partial charge on any atom is 0.255 e. The van der Waals surface area contributed by atoms with E-state index in [1.54, 1.807) is 36.7 Å². The lowest BCUT2D eigenvalue weighted by atomic mass is 10.2. The van der Waals surface area contributed by atoms with Crippen molar-refractivity contribution in [3.63, 3.8) is 0 Å². The highest BCUT2D eigenvalue weighted by Gasteiger charge is 2.07. The van der Waals surface area contributed by atoms with Crippen molar-refractivity contribution in [1.29, 1.82) is 0 Å². The van der Waals surface area contributed by atoms with Gasteiger partial charge in [0.1, 0.15) is 5.75 Å². The van der Waals surface area contributed by atoms with Gasteiger partial charge in [-0.3, -0.25) is 9.78 Å². The number of benzene rings is 1. The van der Waals surface area contributed by atoms with Crippen LogP contribution in [0.5, 0.6) is 5.75 Å². The lowest BCUT2D eigenvalue weighted by molar-refractivity contribution is 0.102. The minimum Gasteiger partial charge on any atom is -0.494 e. The van der Waals surface area contributed by atoms with Crippen molar-refractivity contribution in [3.05, 3.63) is 54.4 Å². The molecule has 0 spiro atoms. The van der Waals surface area contributed by atoms with Crippen molar-refractivity contribution in [1.82, 2.24) is 4.98 Å². The molecule has 0 saturated heterocycles. The van der Waals surface area contributed by atoms with Crippen LogP contribution in [0.2, 0.25) is 0 Å². The number of nitrogens with zero attached hydrogens (tertiary/aromatic N) is 1. The molecule has 98 valence electrons. The topological polar surface area (TPSA) is 51.2 Å². The van der Waals surface area contributed by atoms with Gasteiger partial charge in [0.15, 0.2) is 0 Å². The maximum atomic E-state index is 12.1. The number of hydrogen-bond donors (Lipinski definition) is 1. The quantitative estimate of drug-likeness (QED) is 0.894. The molecule has 1 amide bonds. The zero-order valence-corrected chi connectivity index (χ0v) is 10.8. The Hall–Kier alpha value is -2.36. The Morgan fingerprint density at radius 2 is 2.05 bits per heavy atom. The molecular formula is C15H16N2O2. The van der Waals surface area contributed by atoms with E-state index in [1.165, 1.54) is 0 Å². The number of pyridine rings is 1. The van der Waals surface area contributed by atoms with Gasteiger partial charge in [-0.05, 0) is 36.8 Å². The van der Waals surface area contributed by atoms with Gasteiger partial charge >= 0.3 is 0 Å². The number of nitrogens with one attached hydrogen (secondary N) is 1. The molecule has 4 nitrogen and oxygen atoms in total. The molecule has 1 aromatic heterocycles. The van der Waals surface area contributed by atoms with Crippen LogP contribution in [0.4, 0.5) is 5.69 Å². The first kappa shape index (κ1) is 13.1. The van der Waals surface area contributed by atoms with Gasteiger partial charge in [0.25, 0.3) is 5.91 Å². The molecule has 0 radical (unpaired) electrons. The van der Waals surface area contributed by atoms with E-state index < -0.39 is 0 Å². The van der Waals surface area contributed by atoms with Crippen LogP contribution in [-0.4, -0.2) is 17.5 Å². The van der Waals surface area contributed by atoms with Crippen molar-refractivity contribution < 1.29 is 9.53 Å². The lowest BCUT2D eigenvalue weighted by Crippen LogP contribution is -2.12. The number of carbonyl (C=O) groups excluding carboxylic acids is 1. The summed E-state index contributed by atoms with van der Waals surface area (Å²) in [5, 5.41) is 2.81. The van der Waals surface area contributed by atoms with E-state index in [1.807, 2.05) is 19.1 Å². The van der Waals surface area contributed by atoms with Crippen molar-refractivity contribution in [2.75, 3.05) is 11.9 Å². The Bertz CT molecular complexity index is 541. The van der Waals surface area contributed by atoms with E-state index in [9.17, 15) is 4.79 Å². The number of aromatic nitrogens is 1. The summed E-state index contributed by atoms with van der Waals surface area (Å²) in [6.45, 7) is 2.69. The Kier molecular flexibility index (Phi) is 4.50. The van der Waals surface area contributed by atoms with E-state index in [0.29, 0.717) is 17.9 Å². The Balaban J connectivity index is 2.06. The van der Waals surface area contributed by atoms with Gasteiger partial charge in [-0.1, -0.05) is 13.0 Å². The first-order valence-electron chi connectivity index (χ1n) is 6.24. The standard InChI is InChI=1S/C15H16N2O2/c1-2-10-19-14-5-3-4-12(11-14)15(18)17-13-6-8-16-9-7-13/h3-9,11H,2,10H2,1H3,(H,16,17,18). The second-order valence-electron chi connectivity index (χ2n) is 4.07. The highest BCUT2D eigenvalue weighted by Crippen LogP contribution is 2.15. The van der Waals surface area contributed by atoms with Gasteiger partial charge in [-0.15, -0.1) is 0 Å². The molecule has 0 fully saturated rings. The largest absolute Gasteiger partial charge is 0.494 e. The molecule has 1 heterocycles. The van der Waals surface area contributed by atoms with Crippen molar-refractivity contribution >= 4 is 11.6 Å². The number of carbonyl (C=O) groups is 1. The van der Waals surface area contributed by atoms with Crippen molar-refractivity contribution in [2.45, 2.75) is 13.3 Å². The molecule has 1 aromatic carbocycles. The third-order valence-electron chi connectivity index (χ3n) is 2.51. The summed E-state index contributed by atoms with van der Waals surface area (Å²) in [5.41, 5.74) is 1.30. The third-order valence-corrected chi connectivity index (χ3v) is 2.51.